The van der Waals surface area contributed by atoms with Crippen LogP contribution in [0.5, 0.6) is 0 Å². The Labute approximate surface area is 154 Å². The van der Waals surface area contributed by atoms with Crippen LogP contribution in [0.4, 0.5) is 5.82 Å². The highest BCUT2D eigenvalue weighted by Gasteiger charge is 2.22. The summed E-state index contributed by atoms with van der Waals surface area (Å²) in [4.78, 5) is 4.96. The minimum absolute atomic E-state index is 0.0418. The van der Waals surface area contributed by atoms with Crippen molar-refractivity contribution >= 4 is 23.1 Å². The quantitative estimate of drug-likeness (QED) is 0.673. The molecule has 0 bridgehead atoms. The van der Waals surface area contributed by atoms with Gasteiger partial charge in [0.05, 0.1) is 11.4 Å². The lowest BCUT2D eigenvalue weighted by molar-refractivity contribution is 0.568. The van der Waals surface area contributed by atoms with Gasteiger partial charge in [0, 0.05) is 28.6 Å². The van der Waals surface area contributed by atoms with E-state index in [0.29, 0.717) is 0 Å². The van der Waals surface area contributed by atoms with Crippen LogP contribution in [0.2, 0.25) is 5.02 Å². The summed E-state index contributed by atoms with van der Waals surface area (Å²) in [7, 11) is 0. The van der Waals surface area contributed by atoms with Crippen LogP contribution < -0.4 is 5.32 Å². The molecule has 1 N–H and O–H groups in total. The Balaban J connectivity index is 2.27. The van der Waals surface area contributed by atoms with Crippen LogP contribution >= 0.6 is 11.6 Å². The van der Waals surface area contributed by atoms with Crippen LogP contribution in [-0.4, -0.2) is 21.1 Å². The lowest BCUT2D eigenvalue weighted by Crippen LogP contribution is -2.16. The van der Waals surface area contributed by atoms with Crippen molar-refractivity contribution in [1.82, 2.24) is 14.6 Å². The second-order valence-electron chi connectivity index (χ2n) is 7.41. The summed E-state index contributed by atoms with van der Waals surface area (Å²) in [5, 5.41) is 8.97. The minimum atomic E-state index is -0.0418. The van der Waals surface area contributed by atoms with Gasteiger partial charge in [-0.05, 0) is 31.0 Å². The Hall–Kier alpha value is -2.07. The first-order chi connectivity index (χ1) is 11.8. The monoisotopic (exact) mass is 356 g/mol. The molecule has 3 aromatic rings. The Bertz CT molecular complexity index is 889. The van der Waals surface area contributed by atoms with E-state index in [1.807, 2.05) is 35.7 Å². The van der Waals surface area contributed by atoms with Gasteiger partial charge in [-0.25, -0.2) is 4.98 Å². The molecule has 0 atom stereocenters. The molecule has 0 aliphatic carbocycles. The van der Waals surface area contributed by atoms with Gasteiger partial charge in [-0.15, -0.1) is 0 Å². The summed E-state index contributed by atoms with van der Waals surface area (Å²) in [6.45, 7) is 11.6. The maximum absolute atomic E-state index is 6.05. The zero-order chi connectivity index (χ0) is 18.2. The van der Waals surface area contributed by atoms with Crippen LogP contribution in [0.1, 0.15) is 45.5 Å². The number of halogens is 1. The molecule has 0 saturated carbocycles. The van der Waals surface area contributed by atoms with Crippen molar-refractivity contribution in [3.63, 3.8) is 0 Å². The number of benzene rings is 1. The van der Waals surface area contributed by atoms with Crippen molar-refractivity contribution in [1.29, 1.82) is 0 Å². The molecule has 25 heavy (non-hydrogen) atoms. The highest BCUT2D eigenvalue weighted by Crippen LogP contribution is 2.32. The topological polar surface area (TPSA) is 42.2 Å². The van der Waals surface area contributed by atoms with Gasteiger partial charge < -0.3 is 5.32 Å². The molecule has 0 aliphatic heterocycles. The highest BCUT2D eigenvalue weighted by atomic mass is 35.5. The third kappa shape index (κ3) is 3.49. The van der Waals surface area contributed by atoms with Crippen molar-refractivity contribution in [2.24, 2.45) is 0 Å². The fourth-order valence-corrected chi connectivity index (χ4v) is 2.97. The summed E-state index contributed by atoms with van der Waals surface area (Å²) in [6.07, 6.45) is 1.05. The summed E-state index contributed by atoms with van der Waals surface area (Å²) >= 11 is 6.05. The first-order valence-electron chi connectivity index (χ1n) is 8.72. The van der Waals surface area contributed by atoms with Gasteiger partial charge in [0.2, 0.25) is 0 Å². The molecule has 5 heteroatoms. The Morgan fingerprint density at radius 2 is 1.84 bits per heavy atom. The van der Waals surface area contributed by atoms with E-state index in [4.69, 9.17) is 21.7 Å². The predicted octanol–water partition coefficient (Wildman–Crippen LogP) is 5.48. The number of anilines is 1. The Kier molecular flexibility index (Phi) is 4.74. The molecule has 2 heterocycles. The zero-order valence-corrected chi connectivity index (χ0v) is 16.3. The molecule has 0 radical (unpaired) electrons. The van der Waals surface area contributed by atoms with Crippen molar-refractivity contribution in [2.45, 2.75) is 46.5 Å². The summed E-state index contributed by atoms with van der Waals surface area (Å²) < 4.78 is 1.92. The van der Waals surface area contributed by atoms with Gasteiger partial charge in [-0.3, -0.25) is 0 Å². The second kappa shape index (κ2) is 6.68. The van der Waals surface area contributed by atoms with Crippen molar-refractivity contribution in [3.8, 4) is 11.1 Å². The summed E-state index contributed by atoms with van der Waals surface area (Å²) in [5.41, 5.74) is 4.99. The van der Waals surface area contributed by atoms with Gasteiger partial charge in [-0.2, -0.15) is 9.61 Å². The van der Waals surface area contributed by atoms with Crippen LogP contribution in [0, 0.1) is 6.92 Å². The molecule has 0 spiro atoms. The number of aromatic nitrogens is 3. The highest BCUT2D eigenvalue weighted by molar-refractivity contribution is 6.30. The Morgan fingerprint density at radius 1 is 1.16 bits per heavy atom. The maximum Gasteiger partial charge on any atom is 0.165 e. The lowest BCUT2D eigenvalue weighted by Gasteiger charge is -2.20. The zero-order valence-electron chi connectivity index (χ0n) is 15.5. The van der Waals surface area contributed by atoms with Crippen LogP contribution in [0.25, 0.3) is 16.8 Å². The Morgan fingerprint density at radius 3 is 2.44 bits per heavy atom. The molecule has 4 nitrogen and oxygen atoms in total. The van der Waals surface area contributed by atoms with E-state index in [0.717, 1.165) is 52.0 Å². The molecule has 2 aromatic heterocycles. The van der Waals surface area contributed by atoms with Crippen molar-refractivity contribution in [3.05, 3.63) is 46.7 Å². The van der Waals surface area contributed by atoms with Crippen LogP contribution in [0.3, 0.4) is 0 Å². The van der Waals surface area contributed by atoms with E-state index in [-0.39, 0.29) is 5.41 Å². The number of hydrogen-bond acceptors (Lipinski definition) is 3. The van der Waals surface area contributed by atoms with E-state index in [1.165, 1.54) is 0 Å². The van der Waals surface area contributed by atoms with Gasteiger partial charge >= 0.3 is 0 Å². The largest absolute Gasteiger partial charge is 0.370 e. The van der Waals surface area contributed by atoms with E-state index in [2.05, 4.69) is 39.1 Å². The van der Waals surface area contributed by atoms with Gasteiger partial charge in [-0.1, -0.05) is 51.4 Å². The molecule has 0 saturated heterocycles. The van der Waals surface area contributed by atoms with Gasteiger partial charge in [0.1, 0.15) is 5.82 Å². The standard InChI is InChI=1S/C20H25ClN4/c1-6-11-22-17-12-16(20(3,4)5)23-19-18(13(2)24-25(17)19)14-7-9-15(21)10-8-14/h7-10,12,22H,6,11H2,1-5H3. The second-order valence-corrected chi connectivity index (χ2v) is 7.84. The molecule has 0 unspecified atom stereocenters. The fourth-order valence-electron chi connectivity index (χ4n) is 2.84. The first-order valence-corrected chi connectivity index (χ1v) is 9.09. The molecule has 0 fully saturated rings. The molecule has 0 aliphatic rings. The van der Waals surface area contributed by atoms with E-state index >= 15 is 0 Å². The van der Waals surface area contributed by atoms with Gasteiger partial charge in [0.15, 0.2) is 5.65 Å². The molecular formula is C20H25ClN4. The SMILES string of the molecule is CCCNc1cc(C(C)(C)C)nc2c(-c3ccc(Cl)cc3)c(C)nn12. The lowest BCUT2D eigenvalue weighted by atomic mass is 9.92. The smallest absolute Gasteiger partial charge is 0.165 e. The predicted molar refractivity (Wildman–Crippen MR) is 106 cm³/mol. The summed E-state index contributed by atoms with van der Waals surface area (Å²) in [5.74, 6) is 0.986. The minimum Gasteiger partial charge on any atom is -0.370 e. The normalized spacial score (nSPS) is 11.9. The van der Waals surface area contributed by atoms with E-state index in [9.17, 15) is 0 Å². The third-order valence-corrected chi connectivity index (χ3v) is 4.47. The molecule has 3 rings (SSSR count). The van der Waals surface area contributed by atoms with Crippen molar-refractivity contribution < 1.29 is 0 Å². The number of hydrogen-bond donors (Lipinski definition) is 1. The number of rotatable bonds is 4. The third-order valence-electron chi connectivity index (χ3n) is 4.22. The average molecular weight is 357 g/mol. The fraction of sp³-hybridized carbons (Fsp3) is 0.400. The van der Waals surface area contributed by atoms with Crippen LogP contribution in [-0.2, 0) is 5.41 Å². The molecule has 1 aromatic carbocycles. The van der Waals surface area contributed by atoms with Gasteiger partial charge in [0.25, 0.3) is 0 Å². The molecular weight excluding hydrogens is 332 g/mol. The maximum atomic E-state index is 6.05. The molecule has 132 valence electrons. The van der Waals surface area contributed by atoms with E-state index < -0.39 is 0 Å². The summed E-state index contributed by atoms with van der Waals surface area (Å²) in [6, 6.07) is 9.97. The van der Waals surface area contributed by atoms with Crippen molar-refractivity contribution in [2.75, 3.05) is 11.9 Å². The van der Waals surface area contributed by atoms with Crippen LogP contribution in [0.15, 0.2) is 30.3 Å². The number of aryl methyl sites for hydroxylation is 1. The number of nitrogens with one attached hydrogen (secondary N) is 1. The average Bonchev–Trinajstić information content (AvgIpc) is 2.88. The molecule has 0 amide bonds. The van der Waals surface area contributed by atoms with E-state index in [1.54, 1.807) is 0 Å². The number of nitrogens with zero attached hydrogens (tertiary/aromatic N) is 3. The first kappa shape index (κ1) is 17.7. The number of fused-ring (bicyclic) bond motifs is 1.